The van der Waals surface area contributed by atoms with Gasteiger partial charge in [0, 0.05) is 25.7 Å². The third-order valence-electron chi connectivity index (χ3n) is 18.9. The SMILES string of the molecule is CCCCCCCCCCCCCC(=O)OC[C@H](COP(=O)(O)OC[C@H](O)COP(=O)(O)OC[C@@H](COC(=O)CCCCCCCCCCCCCCCCC(C)C)OC(=O)CCCCCCCCCCCCCCCCCC(C)C)OC(=O)CCCCCCCCCCCCCC(C)C. The molecule has 17 nitrogen and oxygen atoms in total. The van der Waals surface area contributed by atoms with Gasteiger partial charge in [-0.3, -0.25) is 37.3 Å². The number of ether oxygens (including phenoxy) is 4. The van der Waals surface area contributed by atoms with E-state index >= 15 is 0 Å². The van der Waals surface area contributed by atoms with Crippen LogP contribution in [0.3, 0.4) is 0 Å². The van der Waals surface area contributed by atoms with Gasteiger partial charge in [-0.05, 0) is 43.4 Å². The summed E-state index contributed by atoms with van der Waals surface area (Å²) in [6.45, 7) is 12.0. The summed E-state index contributed by atoms with van der Waals surface area (Å²) in [7, 11) is -9.92. The fourth-order valence-electron chi connectivity index (χ4n) is 12.5. The maximum atomic E-state index is 13.1. The minimum absolute atomic E-state index is 0.107. The van der Waals surface area contributed by atoms with E-state index in [9.17, 15) is 43.2 Å². The second-order valence-electron chi connectivity index (χ2n) is 30.6. The number of phosphoric ester groups is 2. The lowest BCUT2D eigenvalue weighted by molar-refractivity contribution is -0.161. The van der Waals surface area contributed by atoms with Gasteiger partial charge in [-0.2, -0.15) is 0 Å². The molecule has 0 amide bonds. The zero-order valence-electron chi connectivity index (χ0n) is 65.7. The molecular formula is C81H158O17P2. The van der Waals surface area contributed by atoms with Gasteiger partial charge in [0.15, 0.2) is 12.2 Å². The first-order valence-corrected chi connectivity index (χ1v) is 44.8. The van der Waals surface area contributed by atoms with Gasteiger partial charge in [0.25, 0.3) is 0 Å². The van der Waals surface area contributed by atoms with Crippen LogP contribution in [0.4, 0.5) is 0 Å². The number of carbonyl (C=O) groups excluding carboxylic acids is 4. The highest BCUT2D eigenvalue weighted by atomic mass is 31.2. The second kappa shape index (κ2) is 71.3. The average molecular weight is 1470 g/mol. The van der Waals surface area contributed by atoms with Crippen molar-refractivity contribution < 1.29 is 80.2 Å². The number of carbonyl (C=O) groups is 4. The maximum Gasteiger partial charge on any atom is 0.472 e. The molecule has 0 saturated carbocycles. The van der Waals surface area contributed by atoms with Crippen molar-refractivity contribution in [2.45, 2.75) is 439 Å². The van der Waals surface area contributed by atoms with Crippen LogP contribution in [0.15, 0.2) is 0 Å². The molecule has 0 radical (unpaired) electrons. The molecule has 0 aliphatic rings. The Labute approximate surface area is 613 Å². The Hall–Kier alpha value is -1.94. The third kappa shape index (κ3) is 74.3. The van der Waals surface area contributed by atoms with Crippen LogP contribution in [0.25, 0.3) is 0 Å². The van der Waals surface area contributed by atoms with Gasteiger partial charge in [-0.15, -0.1) is 0 Å². The van der Waals surface area contributed by atoms with Crippen molar-refractivity contribution in [3.63, 3.8) is 0 Å². The van der Waals surface area contributed by atoms with Crippen molar-refractivity contribution in [3.05, 3.63) is 0 Å². The molecule has 19 heteroatoms. The molecule has 0 aromatic rings. The molecule has 0 saturated heterocycles. The van der Waals surface area contributed by atoms with Crippen molar-refractivity contribution in [1.29, 1.82) is 0 Å². The highest BCUT2D eigenvalue weighted by Crippen LogP contribution is 2.45. The first-order chi connectivity index (χ1) is 48.2. The standard InChI is InChI=1S/C81H158O17P2/c1-8-9-10-11-12-13-24-34-41-48-55-62-78(83)91-68-76(98-81(86)65-58-51-44-37-30-23-27-33-40-47-54-61-74(6)7)70-95-99(87,88)93-66-75(82)67-94-100(89,90)96-71-77(69-92-79(84)63-56-49-42-35-28-21-18-17-20-26-32-39-46-53-60-73(4)5)97-80(85)64-57-50-43-36-29-22-16-14-15-19-25-31-38-45-52-59-72(2)3/h72-77,82H,8-71H2,1-7H3,(H,87,88)(H,89,90)/t75-,76+,77+/m0/s1. The molecule has 2 unspecified atom stereocenters. The van der Waals surface area contributed by atoms with Gasteiger partial charge in [0.05, 0.1) is 26.4 Å². The fourth-order valence-corrected chi connectivity index (χ4v) is 14.1. The number of aliphatic hydroxyl groups is 1. The topological polar surface area (TPSA) is 237 Å². The Morgan fingerprint density at radius 3 is 0.680 bits per heavy atom. The van der Waals surface area contributed by atoms with Gasteiger partial charge in [0.1, 0.15) is 19.3 Å². The Kier molecular flexibility index (Phi) is 69.9. The van der Waals surface area contributed by atoms with E-state index in [0.29, 0.717) is 25.7 Å². The van der Waals surface area contributed by atoms with Crippen LogP contribution in [0, 0.1) is 17.8 Å². The third-order valence-corrected chi connectivity index (χ3v) is 20.8. The lowest BCUT2D eigenvalue weighted by atomic mass is 10.0. The molecule has 0 rings (SSSR count). The van der Waals surface area contributed by atoms with E-state index in [-0.39, 0.29) is 25.7 Å². The Morgan fingerprint density at radius 2 is 0.460 bits per heavy atom. The van der Waals surface area contributed by atoms with E-state index in [2.05, 4.69) is 48.5 Å². The smallest absolute Gasteiger partial charge is 0.462 e. The van der Waals surface area contributed by atoms with Crippen molar-refractivity contribution in [3.8, 4) is 0 Å². The average Bonchev–Trinajstić information content (AvgIpc) is 0.931. The van der Waals surface area contributed by atoms with Crippen LogP contribution in [-0.2, 0) is 65.4 Å². The zero-order valence-corrected chi connectivity index (χ0v) is 67.5. The van der Waals surface area contributed by atoms with E-state index < -0.39 is 97.5 Å². The molecule has 3 N–H and O–H groups in total. The van der Waals surface area contributed by atoms with Crippen LogP contribution in [0.5, 0.6) is 0 Å². The van der Waals surface area contributed by atoms with E-state index in [1.54, 1.807) is 0 Å². The number of phosphoric acid groups is 2. The van der Waals surface area contributed by atoms with Crippen LogP contribution >= 0.6 is 15.6 Å². The largest absolute Gasteiger partial charge is 0.472 e. The lowest BCUT2D eigenvalue weighted by Crippen LogP contribution is -2.30. The molecule has 0 aliphatic heterocycles. The van der Waals surface area contributed by atoms with Crippen molar-refractivity contribution in [2.75, 3.05) is 39.6 Å². The zero-order chi connectivity index (χ0) is 73.7. The molecule has 0 bridgehead atoms. The predicted octanol–water partition coefficient (Wildman–Crippen LogP) is 24.1. The summed E-state index contributed by atoms with van der Waals surface area (Å²) in [5, 5.41) is 10.6. The number of unbranched alkanes of at least 4 members (excludes halogenated alkanes) is 47. The molecular weight excluding hydrogens is 1310 g/mol. The van der Waals surface area contributed by atoms with Gasteiger partial charge < -0.3 is 33.8 Å². The summed E-state index contributed by atoms with van der Waals surface area (Å²) in [5.74, 6) is 0.258. The number of rotatable bonds is 79. The van der Waals surface area contributed by atoms with Crippen molar-refractivity contribution >= 4 is 39.5 Å². The monoisotopic (exact) mass is 1470 g/mol. The summed E-state index contributed by atoms with van der Waals surface area (Å²) >= 11 is 0. The Balaban J connectivity index is 5.25. The molecule has 0 aliphatic carbocycles. The molecule has 0 heterocycles. The summed E-state index contributed by atoms with van der Waals surface area (Å²) in [4.78, 5) is 73.0. The fraction of sp³-hybridized carbons (Fsp3) is 0.951. The summed E-state index contributed by atoms with van der Waals surface area (Å²) in [6.07, 6.45) is 59.5. The lowest BCUT2D eigenvalue weighted by Gasteiger charge is -2.21. The number of hydrogen-bond acceptors (Lipinski definition) is 15. The number of esters is 4. The number of aliphatic hydroxyl groups excluding tert-OH is 1. The normalized spacial score (nSPS) is 14.0. The van der Waals surface area contributed by atoms with Crippen molar-refractivity contribution in [1.82, 2.24) is 0 Å². The van der Waals surface area contributed by atoms with E-state index in [0.717, 1.165) is 108 Å². The molecule has 0 aromatic carbocycles. The van der Waals surface area contributed by atoms with E-state index in [4.69, 9.17) is 37.0 Å². The highest BCUT2D eigenvalue weighted by Gasteiger charge is 2.30. The van der Waals surface area contributed by atoms with E-state index in [1.807, 2.05) is 0 Å². The summed E-state index contributed by atoms with van der Waals surface area (Å²) in [6, 6.07) is 0. The van der Waals surface area contributed by atoms with Crippen LogP contribution < -0.4 is 0 Å². The van der Waals surface area contributed by atoms with Gasteiger partial charge >= 0.3 is 39.5 Å². The first kappa shape index (κ1) is 98.1. The summed E-state index contributed by atoms with van der Waals surface area (Å²) < 4.78 is 68.7. The molecule has 594 valence electrons. The summed E-state index contributed by atoms with van der Waals surface area (Å²) in [5.41, 5.74) is 0. The minimum atomic E-state index is -4.96. The predicted molar refractivity (Wildman–Crippen MR) is 409 cm³/mol. The van der Waals surface area contributed by atoms with Gasteiger partial charge in [-0.1, -0.05) is 370 Å². The first-order valence-electron chi connectivity index (χ1n) is 41.8. The molecule has 0 fully saturated rings. The second-order valence-corrected chi connectivity index (χ2v) is 33.5. The van der Waals surface area contributed by atoms with E-state index in [1.165, 1.54) is 231 Å². The van der Waals surface area contributed by atoms with Crippen molar-refractivity contribution in [2.24, 2.45) is 17.8 Å². The van der Waals surface area contributed by atoms with Gasteiger partial charge in [0.2, 0.25) is 0 Å². The maximum absolute atomic E-state index is 13.1. The molecule has 0 aromatic heterocycles. The van der Waals surface area contributed by atoms with Crippen LogP contribution in [0.1, 0.15) is 421 Å². The minimum Gasteiger partial charge on any atom is -0.462 e. The van der Waals surface area contributed by atoms with Crippen LogP contribution in [-0.4, -0.2) is 96.7 Å². The highest BCUT2D eigenvalue weighted by molar-refractivity contribution is 7.47. The quantitative estimate of drug-likeness (QED) is 0.0222. The molecule has 5 atom stereocenters. The molecule has 100 heavy (non-hydrogen) atoms. The Morgan fingerprint density at radius 1 is 0.270 bits per heavy atom. The number of hydrogen-bond donors (Lipinski definition) is 3. The molecule has 0 spiro atoms. The Bertz CT molecular complexity index is 1940. The van der Waals surface area contributed by atoms with Gasteiger partial charge in [-0.25, -0.2) is 9.13 Å². The van der Waals surface area contributed by atoms with Crippen LogP contribution in [0.2, 0.25) is 0 Å².